The summed E-state index contributed by atoms with van der Waals surface area (Å²) in [5.41, 5.74) is 3.42. The first-order chi connectivity index (χ1) is 15.1. The summed E-state index contributed by atoms with van der Waals surface area (Å²) in [6.07, 6.45) is 2.45. The second kappa shape index (κ2) is 8.14. The van der Waals surface area contributed by atoms with E-state index in [2.05, 4.69) is 32.1 Å². The van der Waals surface area contributed by atoms with Crippen molar-refractivity contribution >= 4 is 22.5 Å². The second-order valence-electron chi connectivity index (χ2n) is 8.06. The van der Waals surface area contributed by atoms with Crippen LogP contribution in [0.15, 0.2) is 30.6 Å². The van der Waals surface area contributed by atoms with Crippen molar-refractivity contribution in [1.29, 1.82) is 0 Å². The molecule has 2 aliphatic heterocycles. The lowest BCUT2D eigenvalue weighted by molar-refractivity contribution is 0.0735. The number of benzene rings is 1. The van der Waals surface area contributed by atoms with Gasteiger partial charge in [-0.2, -0.15) is 5.10 Å². The van der Waals surface area contributed by atoms with Crippen molar-refractivity contribution < 1.29 is 14.3 Å². The van der Waals surface area contributed by atoms with Gasteiger partial charge in [-0.15, -0.1) is 0 Å². The molecule has 162 valence electrons. The van der Waals surface area contributed by atoms with Crippen LogP contribution in [0.4, 0.5) is 5.69 Å². The summed E-state index contributed by atoms with van der Waals surface area (Å²) < 4.78 is 13.2. The summed E-state index contributed by atoms with van der Waals surface area (Å²) in [6, 6.07) is 8.00. The fraction of sp³-hybridized carbons (Fsp3) is 0.455. The maximum absolute atomic E-state index is 12.9. The fourth-order valence-corrected chi connectivity index (χ4v) is 4.22. The van der Waals surface area contributed by atoms with Crippen LogP contribution in [0.3, 0.4) is 0 Å². The van der Waals surface area contributed by atoms with Crippen molar-refractivity contribution in [1.82, 2.24) is 24.6 Å². The van der Waals surface area contributed by atoms with Crippen LogP contribution in [0.5, 0.6) is 5.88 Å². The number of hydrogen-bond acceptors (Lipinski definition) is 7. The Morgan fingerprint density at radius 2 is 2.00 bits per heavy atom. The Morgan fingerprint density at radius 3 is 2.71 bits per heavy atom. The van der Waals surface area contributed by atoms with Crippen molar-refractivity contribution in [3.8, 4) is 5.88 Å². The van der Waals surface area contributed by atoms with Crippen molar-refractivity contribution in [2.24, 2.45) is 7.05 Å². The molecule has 4 heterocycles. The van der Waals surface area contributed by atoms with E-state index < -0.39 is 0 Å². The van der Waals surface area contributed by atoms with Crippen molar-refractivity contribution in [2.45, 2.75) is 19.4 Å². The van der Waals surface area contributed by atoms with Gasteiger partial charge in [0, 0.05) is 45.3 Å². The van der Waals surface area contributed by atoms with E-state index in [1.807, 2.05) is 31.0 Å². The lowest BCUT2D eigenvalue weighted by atomic mass is 10.1. The molecule has 2 saturated heterocycles. The van der Waals surface area contributed by atoms with Gasteiger partial charge in [0.25, 0.3) is 5.91 Å². The minimum atomic E-state index is 0.0316. The molecule has 0 radical (unpaired) electrons. The zero-order valence-electron chi connectivity index (χ0n) is 17.8. The average molecular weight is 422 g/mol. The number of nitrogens with zero attached hydrogens (tertiary/aromatic N) is 6. The monoisotopic (exact) mass is 422 g/mol. The highest BCUT2D eigenvalue weighted by Crippen LogP contribution is 2.29. The smallest absolute Gasteiger partial charge is 0.272 e. The van der Waals surface area contributed by atoms with Crippen molar-refractivity contribution in [2.75, 3.05) is 44.3 Å². The molecule has 31 heavy (non-hydrogen) atoms. The Labute approximate surface area is 180 Å². The number of ether oxygens (including phenoxy) is 2. The summed E-state index contributed by atoms with van der Waals surface area (Å²) >= 11 is 0. The summed E-state index contributed by atoms with van der Waals surface area (Å²) in [4.78, 5) is 25.8. The summed E-state index contributed by atoms with van der Waals surface area (Å²) in [7, 11) is 1.81. The number of carbonyl (C=O) groups is 1. The molecule has 3 aromatic rings. The van der Waals surface area contributed by atoms with E-state index in [0.717, 1.165) is 48.4 Å². The zero-order valence-corrected chi connectivity index (χ0v) is 17.8. The number of piperazine rings is 1. The fourth-order valence-electron chi connectivity index (χ4n) is 4.22. The minimum absolute atomic E-state index is 0.0316. The standard InChI is InChI=1S/C22H26N6O3/c1-15-11-20(26(2)25-15)22(29)28-8-6-27(7-9-28)16-3-4-19-18(12-16)21(24-14-23-19)31-17-5-10-30-13-17/h3-4,11-12,14,17H,5-10,13H2,1-2H3. The summed E-state index contributed by atoms with van der Waals surface area (Å²) in [6.45, 7) is 6.06. The largest absolute Gasteiger partial charge is 0.471 e. The molecule has 1 unspecified atom stereocenters. The Morgan fingerprint density at radius 1 is 1.16 bits per heavy atom. The molecule has 1 amide bonds. The molecule has 1 aromatic carbocycles. The highest BCUT2D eigenvalue weighted by Gasteiger charge is 2.25. The van der Waals surface area contributed by atoms with Gasteiger partial charge in [0.1, 0.15) is 18.1 Å². The molecule has 2 aromatic heterocycles. The van der Waals surface area contributed by atoms with Gasteiger partial charge < -0.3 is 19.3 Å². The van der Waals surface area contributed by atoms with Crippen LogP contribution in [0.25, 0.3) is 10.9 Å². The van der Waals surface area contributed by atoms with Crippen molar-refractivity contribution in [3.05, 3.63) is 42.0 Å². The van der Waals surface area contributed by atoms with Crippen LogP contribution in [-0.2, 0) is 11.8 Å². The third kappa shape index (κ3) is 3.93. The van der Waals surface area contributed by atoms with E-state index in [1.54, 1.807) is 4.68 Å². The van der Waals surface area contributed by atoms with Crippen LogP contribution in [0, 0.1) is 6.92 Å². The number of fused-ring (bicyclic) bond motifs is 1. The number of amides is 1. The Kier molecular flexibility index (Phi) is 5.19. The number of aryl methyl sites for hydroxylation is 2. The van der Waals surface area contributed by atoms with Crippen LogP contribution >= 0.6 is 0 Å². The van der Waals surface area contributed by atoms with Crippen LogP contribution in [-0.4, -0.2) is 76.1 Å². The molecule has 9 heteroatoms. The van der Waals surface area contributed by atoms with E-state index in [1.165, 1.54) is 6.33 Å². The zero-order chi connectivity index (χ0) is 21.4. The number of aromatic nitrogens is 4. The summed E-state index contributed by atoms with van der Waals surface area (Å²) in [5.74, 6) is 0.631. The lowest BCUT2D eigenvalue weighted by Crippen LogP contribution is -2.49. The second-order valence-corrected chi connectivity index (χ2v) is 8.06. The van der Waals surface area contributed by atoms with E-state index in [0.29, 0.717) is 31.3 Å². The molecule has 2 fully saturated rings. The normalized spacial score (nSPS) is 19.2. The SMILES string of the molecule is Cc1cc(C(=O)N2CCN(c3ccc4ncnc(OC5CCOC5)c4c3)CC2)n(C)n1. The molecule has 0 N–H and O–H groups in total. The number of hydrogen-bond donors (Lipinski definition) is 0. The van der Waals surface area contributed by atoms with Gasteiger partial charge >= 0.3 is 0 Å². The molecule has 0 saturated carbocycles. The van der Waals surface area contributed by atoms with E-state index in [4.69, 9.17) is 9.47 Å². The Hall–Kier alpha value is -3.20. The molecular weight excluding hydrogens is 396 g/mol. The average Bonchev–Trinajstić information content (AvgIpc) is 3.42. The maximum Gasteiger partial charge on any atom is 0.272 e. The third-order valence-electron chi connectivity index (χ3n) is 5.90. The Bertz CT molecular complexity index is 1100. The third-order valence-corrected chi connectivity index (χ3v) is 5.90. The molecule has 0 aliphatic carbocycles. The number of rotatable bonds is 4. The van der Waals surface area contributed by atoms with Gasteiger partial charge in [0.15, 0.2) is 0 Å². The minimum Gasteiger partial charge on any atom is -0.471 e. The molecule has 1 atom stereocenters. The lowest BCUT2D eigenvalue weighted by Gasteiger charge is -2.36. The van der Waals surface area contributed by atoms with E-state index >= 15 is 0 Å². The molecule has 9 nitrogen and oxygen atoms in total. The predicted molar refractivity (Wildman–Crippen MR) is 115 cm³/mol. The number of anilines is 1. The Balaban J connectivity index is 1.31. The van der Waals surface area contributed by atoms with E-state index in [-0.39, 0.29) is 12.0 Å². The first-order valence-electron chi connectivity index (χ1n) is 10.6. The van der Waals surface area contributed by atoms with E-state index in [9.17, 15) is 4.79 Å². The van der Waals surface area contributed by atoms with Crippen LogP contribution in [0.1, 0.15) is 22.6 Å². The highest BCUT2D eigenvalue weighted by atomic mass is 16.5. The van der Waals surface area contributed by atoms with Gasteiger partial charge in [0.2, 0.25) is 5.88 Å². The maximum atomic E-state index is 12.9. The first-order valence-corrected chi connectivity index (χ1v) is 10.6. The van der Waals surface area contributed by atoms with Gasteiger partial charge in [-0.1, -0.05) is 0 Å². The number of carbonyl (C=O) groups excluding carboxylic acids is 1. The van der Waals surface area contributed by atoms with Crippen molar-refractivity contribution in [3.63, 3.8) is 0 Å². The van der Waals surface area contributed by atoms with Gasteiger partial charge in [-0.25, -0.2) is 9.97 Å². The van der Waals surface area contributed by atoms with Crippen LogP contribution in [0.2, 0.25) is 0 Å². The molecule has 0 bridgehead atoms. The predicted octanol–water partition coefficient (Wildman–Crippen LogP) is 1.80. The van der Waals surface area contributed by atoms with Gasteiger partial charge in [-0.3, -0.25) is 9.48 Å². The molecule has 2 aliphatic rings. The molecular formula is C22H26N6O3. The summed E-state index contributed by atoms with van der Waals surface area (Å²) in [5, 5.41) is 5.19. The molecule has 5 rings (SSSR count). The molecule has 0 spiro atoms. The van der Waals surface area contributed by atoms with Gasteiger partial charge in [0.05, 0.1) is 29.8 Å². The van der Waals surface area contributed by atoms with Crippen LogP contribution < -0.4 is 9.64 Å². The van der Waals surface area contributed by atoms with Gasteiger partial charge in [-0.05, 0) is 31.2 Å². The first kappa shape index (κ1) is 19.7. The highest BCUT2D eigenvalue weighted by molar-refractivity contribution is 5.93. The topological polar surface area (TPSA) is 85.6 Å². The quantitative estimate of drug-likeness (QED) is 0.634.